The molecular formula is C10H13NO2. The molecule has 0 saturated heterocycles. The van der Waals surface area contributed by atoms with Crippen molar-refractivity contribution in [1.29, 1.82) is 0 Å². The highest BCUT2D eigenvalue weighted by Gasteiger charge is 1.98. The maximum absolute atomic E-state index is 10.4. The summed E-state index contributed by atoms with van der Waals surface area (Å²) >= 11 is 0. The average Bonchev–Trinajstić information content (AvgIpc) is 2.15. The molecule has 70 valence electrons. The van der Waals surface area contributed by atoms with Crippen LogP contribution in [0.4, 0.5) is 0 Å². The molecule has 1 rings (SSSR count). The summed E-state index contributed by atoms with van der Waals surface area (Å²) in [6, 6.07) is 3.38. The van der Waals surface area contributed by atoms with Gasteiger partial charge in [-0.05, 0) is 12.0 Å². The number of carbonyl (C=O) groups is 1. The van der Waals surface area contributed by atoms with Crippen molar-refractivity contribution in [1.82, 2.24) is 4.98 Å². The van der Waals surface area contributed by atoms with Crippen LogP contribution >= 0.6 is 0 Å². The number of aromatic nitrogens is 1. The Kier molecular flexibility index (Phi) is 3.43. The summed E-state index contributed by atoms with van der Waals surface area (Å²) in [4.78, 5) is 14.2. The molecule has 0 aliphatic heterocycles. The summed E-state index contributed by atoms with van der Waals surface area (Å²) in [7, 11) is 0. The molecule has 0 amide bonds. The Morgan fingerprint density at radius 2 is 2.38 bits per heavy atom. The lowest BCUT2D eigenvalue weighted by Crippen LogP contribution is -2.04. The highest BCUT2D eigenvalue weighted by molar-refractivity contribution is 5.72. The van der Waals surface area contributed by atoms with Gasteiger partial charge in [-0.1, -0.05) is 13.8 Å². The molecule has 0 bridgehead atoms. The second kappa shape index (κ2) is 4.60. The molecule has 13 heavy (non-hydrogen) atoms. The molecule has 0 aromatic carbocycles. The van der Waals surface area contributed by atoms with E-state index in [1.807, 2.05) is 0 Å². The smallest absolute Gasteiger partial charge is 0.168 e. The van der Waals surface area contributed by atoms with Crippen LogP contribution < -0.4 is 4.74 Å². The maximum atomic E-state index is 10.4. The summed E-state index contributed by atoms with van der Waals surface area (Å²) in [6.45, 7) is 4.80. The molecule has 0 spiro atoms. The van der Waals surface area contributed by atoms with Crippen LogP contribution in [0, 0.1) is 5.92 Å². The number of aldehydes is 1. The predicted molar refractivity (Wildman–Crippen MR) is 50.0 cm³/mol. The van der Waals surface area contributed by atoms with Crippen molar-refractivity contribution in [2.24, 2.45) is 5.92 Å². The van der Waals surface area contributed by atoms with Crippen molar-refractivity contribution in [3.05, 3.63) is 24.0 Å². The minimum Gasteiger partial charge on any atom is -0.493 e. The molecule has 1 aromatic heterocycles. The lowest BCUT2D eigenvalue weighted by atomic mass is 10.2. The first-order valence-corrected chi connectivity index (χ1v) is 4.26. The fourth-order valence-corrected chi connectivity index (χ4v) is 0.845. The van der Waals surface area contributed by atoms with E-state index in [1.54, 1.807) is 18.3 Å². The topological polar surface area (TPSA) is 39.2 Å². The van der Waals surface area contributed by atoms with Crippen LogP contribution in [0.15, 0.2) is 18.3 Å². The van der Waals surface area contributed by atoms with Gasteiger partial charge < -0.3 is 4.74 Å². The summed E-state index contributed by atoms with van der Waals surface area (Å²) in [5.41, 5.74) is 0.404. The normalized spacial score (nSPS) is 10.1. The molecular weight excluding hydrogens is 166 g/mol. The second-order valence-corrected chi connectivity index (χ2v) is 3.24. The standard InChI is InChI=1S/C10H13NO2/c1-8(2)7-13-10-3-4-11-9(5-10)6-12/h3-6,8H,7H2,1-2H3. The van der Waals surface area contributed by atoms with E-state index in [0.717, 1.165) is 0 Å². The number of rotatable bonds is 4. The summed E-state index contributed by atoms with van der Waals surface area (Å²) in [6.07, 6.45) is 2.28. The molecule has 0 atom stereocenters. The Hall–Kier alpha value is -1.38. The van der Waals surface area contributed by atoms with E-state index in [0.29, 0.717) is 30.3 Å². The number of ether oxygens (including phenoxy) is 1. The molecule has 3 nitrogen and oxygen atoms in total. The van der Waals surface area contributed by atoms with Gasteiger partial charge in [0.15, 0.2) is 6.29 Å². The Labute approximate surface area is 77.8 Å². The number of hydrogen-bond donors (Lipinski definition) is 0. The molecule has 0 aliphatic rings. The van der Waals surface area contributed by atoms with Crippen LogP contribution in [0.25, 0.3) is 0 Å². The van der Waals surface area contributed by atoms with Gasteiger partial charge in [-0.2, -0.15) is 0 Å². The third kappa shape index (κ3) is 3.23. The Morgan fingerprint density at radius 1 is 1.62 bits per heavy atom. The molecule has 1 aromatic rings. The zero-order chi connectivity index (χ0) is 9.68. The highest BCUT2D eigenvalue weighted by Crippen LogP contribution is 2.10. The largest absolute Gasteiger partial charge is 0.493 e. The van der Waals surface area contributed by atoms with Gasteiger partial charge in [0, 0.05) is 12.3 Å². The van der Waals surface area contributed by atoms with Crippen molar-refractivity contribution in [2.75, 3.05) is 6.61 Å². The van der Waals surface area contributed by atoms with Crippen LogP contribution in [0.2, 0.25) is 0 Å². The van der Waals surface area contributed by atoms with E-state index in [9.17, 15) is 4.79 Å². The van der Waals surface area contributed by atoms with Crippen LogP contribution in [0.1, 0.15) is 24.3 Å². The molecule has 0 unspecified atom stereocenters. The van der Waals surface area contributed by atoms with Gasteiger partial charge in [-0.25, -0.2) is 0 Å². The molecule has 3 heteroatoms. The zero-order valence-corrected chi connectivity index (χ0v) is 7.86. The summed E-state index contributed by atoms with van der Waals surface area (Å²) in [5, 5.41) is 0. The first-order valence-electron chi connectivity index (χ1n) is 4.26. The molecule has 0 N–H and O–H groups in total. The van der Waals surface area contributed by atoms with Crippen LogP contribution in [0.3, 0.4) is 0 Å². The minimum atomic E-state index is 0.404. The highest BCUT2D eigenvalue weighted by atomic mass is 16.5. The first kappa shape index (κ1) is 9.71. The van der Waals surface area contributed by atoms with Crippen molar-refractivity contribution in [3.8, 4) is 5.75 Å². The number of hydrogen-bond acceptors (Lipinski definition) is 3. The molecule has 0 radical (unpaired) electrons. The van der Waals surface area contributed by atoms with E-state index in [2.05, 4.69) is 18.8 Å². The van der Waals surface area contributed by atoms with Gasteiger partial charge in [-0.3, -0.25) is 9.78 Å². The molecule has 1 heterocycles. The molecule has 0 saturated carbocycles. The monoisotopic (exact) mass is 179 g/mol. The summed E-state index contributed by atoms with van der Waals surface area (Å²) in [5.74, 6) is 1.18. The van der Waals surface area contributed by atoms with E-state index in [-0.39, 0.29) is 0 Å². The molecule has 0 aliphatic carbocycles. The van der Waals surface area contributed by atoms with Gasteiger partial charge in [-0.15, -0.1) is 0 Å². The average molecular weight is 179 g/mol. The fraction of sp³-hybridized carbons (Fsp3) is 0.400. The van der Waals surface area contributed by atoms with Crippen molar-refractivity contribution >= 4 is 6.29 Å². The number of carbonyl (C=O) groups excluding carboxylic acids is 1. The lowest BCUT2D eigenvalue weighted by molar-refractivity contribution is 0.111. The first-order chi connectivity index (χ1) is 6.22. The molecule has 0 fully saturated rings. The SMILES string of the molecule is CC(C)COc1ccnc(C=O)c1. The minimum absolute atomic E-state index is 0.404. The van der Waals surface area contributed by atoms with Crippen LogP contribution in [-0.4, -0.2) is 17.9 Å². The Bertz CT molecular complexity index is 284. The maximum Gasteiger partial charge on any atom is 0.168 e. The Balaban J connectivity index is 2.61. The van der Waals surface area contributed by atoms with Gasteiger partial charge >= 0.3 is 0 Å². The van der Waals surface area contributed by atoms with Crippen LogP contribution in [-0.2, 0) is 0 Å². The Morgan fingerprint density at radius 3 is 3.00 bits per heavy atom. The predicted octanol–water partition coefficient (Wildman–Crippen LogP) is 1.93. The third-order valence-corrected chi connectivity index (χ3v) is 1.46. The fourth-order valence-electron chi connectivity index (χ4n) is 0.845. The van der Waals surface area contributed by atoms with E-state index in [1.165, 1.54) is 0 Å². The van der Waals surface area contributed by atoms with Gasteiger partial charge in [0.1, 0.15) is 11.4 Å². The quantitative estimate of drug-likeness (QED) is 0.663. The second-order valence-electron chi connectivity index (χ2n) is 3.24. The lowest BCUT2D eigenvalue weighted by Gasteiger charge is -2.07. The van der Waals surface area contributed by atoms with Crippen LogP contribution in [0.5, 0.6) is 5.75 Å². The van der Waals surface area contributed by atoms with Gasteiger partial charge in [0.2, 0.25) is 0 Å². The third-order valence-electron chi connectivity index (χ3n) is 1.46. The number of pyridine rings is 1. The van der Waals surface area contributed by atoms with Gasteiger partial charge in [0.05, 0.1) is 6.61 Å². The van der Waals surface area contributed by atoms with E-state index >= 15 is 0 Å². The van der Waals surface area contributed by atoms with Crippen molar-refractivity contribution in [2.45, 2.75) is 13.8 Å². The van der Waals surface area contributed by atoms with E-state index < -0.39 is 0 Å². The van der Waals surface area contributed by atoms with Gasteiger partial charge in [0.25, 0.3) is 0 Å². The number of nitrogens with zero attached hydrogens (tertiary/aromatic N) is 1. The van der Waals surface area contributed by atoms with E-state index in [4.69, 9.17) is 4.74 Å². The zero-order valence-electron chi connectivity index (χ0n) is 7.86. The summed E-state index contributed by atoms with van der Waals surface area (Å²) < 4.78 is 5.41. The van der Waals surface area contributed by atoms with Crippen molar-refractivity contribution in [3.63, 3.8) is 0 Å². The van der Waals surface area contributed by atoms with Crippen molar-refractivity contribution < 1.29 is 9.53 Å².